The summed E-state index contributed by atoms with van der Waals surface area (Å²) in [6.45, 7) is 3.26. The molecule has 1 amide bonds. The maximum Gasteiger partial charge on any atom is 0.256 e. The van der Waals surface area contributed by atoms with Crippen molar-refractivity contribution in [3.05, 3.63) is 29.6 Å². The van der Waals surface area contributed by atoms with Crippen LogP contribution in [0.2, 0.25) is 0 Å². The Morgan fingerprint density at radius 3 is 2.76 bits per heavy atom. The summed E-state index contributed by atoms with van der Waals surface area (Å²) in [5.41, 5.74) is 5.91. The van der Waals surface area contributed by atoms with E-state index in [-0.39, 0.29) is 11.5 Å². The number of nitrogens with two attached hydrogens (primary N) is 1. The molecular formula is C13H17FN2O. The van der Waals surface area contributed by atoms with Crippen LogP contribution in [-0.2, 0) is 0 Å². The van der Waals surface area contributed by atoms with E-state index in [9.17, 15) is 9.18 Å². The predicted molar refractivity (Wildman–Crippen MR) is 65.1 cm³/mol. The molecular weight excluding hydrogens is 219 g/mol. The van der Waals surface area contributed by atoms with E-state index in [1.54, 1.807) is 11.0 Å². The fraction of sp³-hybridized carbons (Fsp3) is 0.462. The van der Waals surface area contributed by atoms with E-state index < -0.39 is 5.82 Å². The molecule has 1 saturated carbocycles. The summed E-state index contributed by atoms with van der Waals surface area (Å²) < 4.78 is 13.6. The van der Waals surface area contributed by atoms with Crippen LogP contribution in [0, 0.1) is 11.7 Å². The van der Waals surface area contributed by atoms with Crippen molar-refractivity contribution in [2.24, 2.45) is 5.92 Å². The highest BCUT2D eigenvalue weighted by atomic mass is 19.1. The van der Waals surface area contributed by atoms with Crippen LogP contribution in [0.25, 0.3) is 0 Å². The molecule has 0 saturated heterocycles. The van der Waals surface area contributed by atoms with E-state index in [1.165, 1.54) is 25.0 Å². The molecule has 3 nitrogen and oxygen atoms in total. The van der Waals surface area contributed by atoms with Gasteiger partial charge in [0.15, 0.2) is 0 Å². The van der Waals surface area contributed by atoms with Crippen molar-refractivity contribution in [1.29, 1.82) is 0 Å². The molecule has 1 aromatic rings. The highest BCUT2D eigenvalue weighted by molar-refractivity contribution is 5.94. The van der Waals surface area contributed by atoms with Gasteiger partial charge in [0.2, 0.25) is 0 Å². The molecule has 0 aromatic heterocycles. The van der Waals surface area contributed by atoms with Crippen molar-refractivity contribution in [2.75, 3.05) is 18.8 Å². The molecule has 1 aromatic carbocycles. The molecule has 0 bridgehead atoms. The zero-order valence-corrected chi connectivity index (χ0v) is 9.95. The first-order valence-corrected chi connectivity index (χ1v) is 5.96. The first-order valence-electron chi connectivity index (χ1n) is 5.96. The van der Waals surface area contributed by atoms with Gasteiger partial charge >= 0.3 is 0 Å². The van der Waals surface area contributed by atoms with Crippen molar-refractivity contribution in [3.63, 3.8) is 0 Å². The number of carbonyl (C=O) groups is 1. The van der Waals surface area contributed by atoms with Crippen LogP contribution in [0.5, 0.6) is 0 Å². The van der Waals surface area contributed by atoms with Crippen LogP contribution >= 0.6 is 0 Å². The van der Waals surface area contributed by atoms with Gasteiger partial charge in [-0.25, -0.2) is 4.39 Å². The highest BCUT2D eigenvalue weighted by Crippen LogP contribution is 2.30. The van der Waals surface area contributed by atoms with Gasteiger partial charge < -0.3 is 10.6 Å². The summed E-state index contributed by atoms with van der Waals surface area (Å²) in [6, 6.07) is 4.21. The first kappa shape index (κ1) is 11.9. The Morgan fingerprint density at radius 2 is 2.24 bits per heavy atom. The van der Waals surface area contributed by atoms with Crippen molar-refractivity contribution in [3.8, 4) is 0 Å². The minimum absolute atomic E-state index is 0.113. The molecule has 1 fully saturated rings. The molecule has 0 heterocycles. The third-order valence-corrected chi connectivity index (χ3v) is 3.07. The van der Waals surface area contributed by atoms with Gasteiger partial charge in [0, 0.05) is 18.8 Å². The number of halogens is 1. The second-order valence-electron chi connectivity index (χ2n) is 4.53. The topological polar surface area (TPSA) is 46.3 Å². The van der Waals surface area contributed by atoms with Crippen LogP contribution in [0.3, 0.4) is 0 Å². The van der Waals surface area contributed by atoms with Gasteiger partial charge in [0.25, 0.3) is 5.91 Å². The molecule has 0 spiro atoms. The van der Waals surface area contributed by atoms with Gasteiger partial charge in [0.1, 0.15) is 5.82 Å². The number of amides is 1. The molecule has 2 N–H and O–H groups in total. The summed E-state index contributed by atoms with van der Waals surface area (Å²) in [5.74, 6) is -0.170. The summed E-state index contributed by atoms with van der Waals surface area (Å²) >= 11 is 0. The van der Waals surface area contributed by atoms with Crippen LogP contribution in [0.1, 0.15) is 30.1 Å². The number of nitrogen functional groups attached to an aromatic ring is 1. The molecule has 1 aliphatic carbocycles. The lowest BCUT2D eigenvalue weighted by atomic mass is 10.1. The Bertz CT molecular complexity index is 429. The minimum Gasteiger partial charge on any atom is -0.399 e. The molecule has 2 rings (SSSR count). The number of hydrogen-bond donors (Lipinski definition) is 1. The Hall–Kier alpha value is -1.58. The normalized spacial score (nSPS) is 14.7. The molecule has 4 heteroatoms. The maximum absolute atomic E-state index is 13.6. The summed E-state index contributed by atoms with van der Waals surface area (Å²) in [4.78, 5) is 13.8. The van der Waals surface area contributed by atoms with E-state index >= 15 is 0 Å². The summed E-state index contributed by atoms with van der Waals surface area (Å²) in [5, 5.41) is 0. The van der Waals surface area contributed by atoms with Gasteiger partial charge in [-0.15, -0.1) is 0 Å². The molecule has 0 aliphatic heterocycles. The van der Waals surface area contributed by atoms with Crippen molar-refractivity contribution >= 4 is 11.6 Å². The standard InChI is InChI=1S/C13H17FN2O/c1-2-16(8-9-3-4-9)13(17)11-6-5-10(15)7-12(11)14/h5-7,9H,2-4,8,15H2,1H3. The van der Waals surface area contributed by atoms with E-state index in [0.29, 0.717) is 18.2 Å². The van der Waals surface area contributed by atoms with Crippen molar-refractivity contribution in [2.45, 2.75) is 19.8 Å². The number of anilines is 1. The molecule has 17 heavy (non-hydrogen) atoms. The number of benzene rings is 1. The number of hydrogen-bond acceptors (Lipinski definition) is 2. The Morgan fingerprint density at radius 1 is 1.53 bits per heavy atom. The molecule has 0 radical (unpaired) electrons. The third-order valence-electron chi connectivity index (χ3n) is 3.07. The lowest BCUT2D eigenvalue weighted by Crippen LogP contribution is -2.33. The average Bonchev–Trinajstić information content (AvgIpc) is 3.09. The fourth-order valence-corrected chi connectivity index (χ4v) is 1.84. The molecule has 1 aliphatic rings. The third kappa shape index (κ3) is 2.75. The highest BCUT2D eigenvalue weighted by Gasteiger charge is 2.27. The van der Waals surface area contributed by atoms with E-state index in [4.69, 9.17) is 5.73 Å². The summed E-state index contributed by atoms with van der Waals surface area (Å²) in [6.07, 6.45) is 2.35. The largest absolute Gasteiger partial charge is 0.399 e. The zero-order valence-electron chi connectivity index (χ0n) is 9.95. The summed E-state index contributed by atoms with van der Waals surface area (Å²) in [7, 11) is 0. The monoisotopic (exact) mass is 236 g/mol. The lowest BCUT2D eigenvalue weighted by Gasteiger charge is -2.21. The molecule has 92 valence electrons. The molecule has 0 atom stereocenters. The predicted octanol–water partition coefficient (Wildman–Crippen LogP) is 2.28. The van der Waals surface area contributed by atoms with Gasteiger partial charge in [-0.1, -0.05) is 0 Å². The first-order chi connectivity index (χ1) is 8.11. The van der Waals surface area contributed by atoms with Gasteiger partial charge in [-0.05, 0) is 43.9 Å². The smallest absolute Gasteiger partial charge is 0.256 e. The van der Waals surface area contributed by atoms with Crippen LogP contribution in [0.4, 0.5) is 10.1 Å². The fourth-order valence-electron chi connectivity index (χ4n) is 1.84. The van der Waals surface area contributed by atoms with Gasteiger partial charge in [0.05, 0.1) is 5.56 Å². The van der Waals surface area contributed by atoms with Crippen LogP contribution in [-0.4, -0.2) is 23.9 Å². The van der Waals surface area contributed by atoms with Crippen molar-refractivity contribution in [1.82, 2.24) is 4.90 Å². The quantitative estimate of drug-likeness (QED) is 0.815. The van der Waals surface area contributed by atoms with Gasteiger partial charge in [-0.2, -0.15) is 0 Å². The average molecular weight is 236 g/mol. The molecule has 0 unspecified atom stereocenters. The van der Waals surface area contributed by atoms with Crippen LogP contribution < -0.4 is 5.73 Å². The van der Waals surface area contributed by atoms with Crippen molar-refractivity contribution < 1.29 is 9.18 Å². The number of nitrogens with zero attached hydrogens (tertiary/aromatic N) is 1. The minimum atomic E-state index is -0.538. The van der Waals surface area contributed by atoms with E-state index in [1.807, 2.05) is 6.92 Å². The second-order valence-corrected chi connectivity index (χ2v) is 4.53. The zero-order chi connectivity index (χ0) is 12.4. The SMILES string of the molecule is CCN(CC1CC1)C(=O)c1ccc(N)cc1F. The van der Waals surface area contributed by atoms with Crippen LogP contribution in [0.15, 0.2) is 18.2 Å². The Balaban J connectivity index is 2.15. The second kappa shape index (κ2) is 4.73. The Labute approximate surface area is 100 Å². The Kier molecular flexibility index (Phi) is 3.31. The van der Waals surface area contributed by atoms with E-state index in [2.05, 4.69) is 0 Å². The maximum atomic E-state index is 13.6. The number of carbonyl (C=O) groups excluding carboxylic acids is 1. The van der Waals surface area contributed by atoms with Gasteiger partial charge in [-0.3, -0.25) is 4.79 Å². The van der Waals surface area contributed by atoms with E-state index in [0.717, 1.165) is 6.54 Å². The number of rotatable bonds is 4. The lowest BCUT2D eigenvalue weighted by molar-refractivity contribution is 0.0752.